The van der Waals surface area contributed by atoms with Crippen LogP contribution in [0.1, 0.15) is 21.6 Å². The van der Waals surface area contributed by atoms with Crippen LogP contribution >= 0.6 is 27.5 Å². The van der Waals surface area contributed by atoms with Crippen molar-refractivity contribution in [2.45, 2.75) is 6.92 Å². The molecule has 0 spiro atoms. The molecule has 9 heteroatoms. The second-order valence-corrected chi connectivity index (χ2v) is 7.21. The number of nitrogens with one attached hydrogen (secondary N) is 2. The van der Waals surface area contributed by atoms with Crippen molar-refractivity contribution in [1.29, 1.82) is 0 Å². The molecule has 0 radical (unpaired) electrons. The zero-order valence-corrected chi connectivity index (χ0v) is 17.7. The van der Waals surface area contributed by atoms with Crippen molar-refractivity contribution in [3.63, 3.8) is 0 Å². The highest BCUT2D eigenvalue weighted by atomic mass is 79.9. The van der Waals surface area contributed by atoms with E-state index in [2.05, 4.69) is 36.9 Å². The van der Waals surface area contributed by atoms with Crippen LogP contribution in [0, 0.1) is 6.92 Å². The van der Waals surface area contributed by atoms with Gasteiger partial charge in [-0.1, -0.05) is 41.9 Å². The molecule has 2 aromatic carbocycles. The Bertz CT molecular complexity index is 1070. The molecule has 0 fully saturated rings. The molecule has 3 aromatic rings. The van der Waals surface area contributed by atoms with Crippen molar-refractivity contribution in [3.05, 3.63) is 81.0 Å². The first kappa shape index (κ1) is 20.8. The maximum absolute atomic E-state index is 12.1. The van der Waals surface area contributed by atoms with Crippen molar-refractivity contribution < 1.29 is 9.59 Å². The zero-order valence-electron chi connectivity index (χ0n) is 15.4. The fraction of sp³-hybridized carbons (Fsp3) is 0.100. The van der Waals surface area contributed by atoms with Gasteiger partial charge < -0.3 is 5.32 Å². The number of carbonyl (C=O) groups is 2. The summed E-state index contributed by atoms with van der Waals surface area (Å²) in [6, 6.07) is 16.4. The number of hydrazone groups is 1. The molecule has 0 unspecified atom stereocenters. The molecule has 148 valence electrons. The third kappa shape index (κ3) is 5.10. The summed E-state index contributed by atoms with van der Waals surface area (Å²) in [4.78, 5) is 24.0. The zero-order chi connectivity index (χ0) is 20.8. The molecule has 0 bridgehead atoms. The molecule has 0 saturated carbocycles. The van der Waals surface area contributed by atoms with E-state index in [0.29, 0.717) is 26.4 Å². The highest BCUT2D eigenvalue weighted by Gasteiger charge is 2.13. The van der Waals surface area contributed by atoms with Crippen LogP contribution in [0.5, 0.6) is 0 Å². The number of hydrogen-bond acceptors (Lipinski definition) is 4. The molecule has 0 aliphatic carbocycles. The maximum Gasteiger partial charge on any atom is 0.259 e. The fourth-order valence-corrected chi connectivity index (χ4v) is 3.29. The van der Waals surface area contributed by atoms with Gasteiger partial charge in [-0.15, -0.1) is 0 Å². The van der Waals surface area contributed by atoms with Gasteiger partial charge in [-0.25, -0.2) is 10.1 Å². The van der Waals surface area contributed by atoms with Crippen molar-refractivity contribution >= 4 is 45.6 Å². The number of hydrogen-bond donors (Lipinski definition) is 2. The minimum atomic E-state index is -0.467. The van der Waals surface area contributed by atoms with Gasteiger partial charge in [-0.05, 0) is 47.1 Å². The lowest BCUT2D eigenvalue weighted by Crippen LogP contribution is -2.35. The van der Waals surface area contributed by atoms with Crippen LogP contribution < -0.4 is 10.7 Å². The summed E-state index contributed by atoms with van der Waals surface area (Å²) in [5.74, 6) is -0.828. The molecular weight excluding hydrogens is 458 g/mol. The summed E-state index contributed by atoms with van der Waals surface area (Å²) >= 11 is 9.70. The van der Waals surface area contributed by atoms with Crippen molar-refractivity contribution in [1.82, 2.24) is 20.5 Å². The van der Waals surface area contributed by atoms with Gasteiger partial charge in [0, 0.05) is 4.47 Å². The molecule has 7 nitrogen and oxygen atoms in total. The number of para-hydroxylation sites is 1. The quantitative estimate of drug-likeness (QED) is 0.423. The number of halogens is 2. The summed E-state index contributed by atoms with van der Waals surface area (Å²) in [6.45, 7) is 1.58. The van der Waals surface area contributed by atoms with Crippen LogP contribution in [0.2, 0.25) is 5.15 Å². The smallest absolute Gasteiger partial charge is 0.259 e. The number of benzene rings is 2. The standard InChI is InChI=1S/C20H17BrClN5O2/c1-13-16(19(22)27(26-13)14-7-3-2-4-8-14)11-24-25-18(28)12-23-20(29)15-9-5-6-10-17(15)21/h2-11H,12H2,1H3,(H,23,29)(H,25,28)/b24-11+. The second kappa shape index (κ2) is 9.49. The van der Waals surface area contributed by atoms with E-state index in [1.54, 1.807) is 35.9 Å². The highest BCUT2D eigenvalue weighted by molar-refractivity contribution is 9.10. The van der Waals surface area contributed by atoms with Crippen LogP contribution in [0.25, 0.3) is 5.69 Å². The minimum absolute atomic E-state index is 0.215. The van der Waals surface area contributed by atoms with E-state index in [9.17, 15) is 9.59 Å². The number of nitrogens with zero attached hydrogens (tertiary/aromatic N) is 3. The van der Waals surface area contributed by atoms with E-state index in [4.69, 9.17) is 11.6 Å². The van der Waals surface area contributed by atoms with E-state index in [-0.39, 0.29) is 12.5 Å². The Morgan fingerprint density at radius 2 is 1.86 bits per heavy atom. The van der Waals surface area contributed by atoms with Crippen molar-refractivity contribution in [3.8, 4) is 5.69 Å². The van der Waals surface area contributed by atoms with Crippen LogP contribution in [-0.2, 0) is 4.79 Å². The molecular formula is C20H17BrClN5O2. The number of aryl methyl sites for hydroxylation is 1. The fourth-order valence-electron chi connectivity index (χ4n) is 2.51. The van der Waals surface area contributed by atoms with Gasteiger partial charge in [0.2, 0.25) is 0 Å². The van der Waals surface area contributed by atoms with Crippen molar-refractivity contribution in [2.24, 2.45) is 5.10 Å². The average molecular weight is 475 g/mol. The number of rotatable bonds is 6. The Hall–Kier alpha value is -2.97. The van der Waals surface area contributed by atoms with Gasteiger partial charge in [-0.2, -0.15) is 10.2 Å². The molecule has 0 aliphatic rings. The van der Waals surface area contributed by atoms with Gasteiger partial charge >= 0.3 is 0 Å². The Morgan fingerprint density at radius 3 is 2.59 bits per heavy atom. The Labute approximate surface area is 180 Å². The first-order valence-electron chi connectivity index (χ1n) is 8.62. The molecule has 0 saturated heterocycles. The molecule has 29 heavy (non-hydrogen) atoms. The van der Waals surface area contributed by atoms with E-state index in [1.165, 1.54) is 6.21 Å². The second-order valence-electron chi connectivity index (χ2n) is 5.99. The van der Waals surface area contributed by atoms with Crippen LogP contribution in [-0.4, -0.2) is 34.4 Å². The average Bonchev–Trinajstić information content (AvgIpc) is 3.01. The predicted molar refractivity (Wildman–Crippen MR) is 116 cm³/mol. The summed E-state index contributed by atoms with van der Waals surface area (Å²) in [7, 11) is 0. The van der Waals surface area contributed by atoms with Crippen LogP contribution in [0.3, 0.4) is 0 Å². The first-order valence-corrected chi connectivity index (χ1v) is 9.79. The first-order chi connectivity index (χ1) is 14.0. The van der Waals surface area contributed by atoms with Crippen molar-refractivity contribution in [2.75, 3.05) is 6.54 Å². The van der Waals surface area contributed by atoms with Crippen LogP contribution in [0.4, 0.5) is 0 Å². The predicted octanol–water partition coefficient (Wildman–Crippen LogP) is 3.48. The molecule has 1 aromatic heterocycles. The Kier molecular flexibility index (Phi) is 6.79. The molecule has 1 heterocycles. The van der Waals surface area contributed by atoms with Crippen LogP contribution in [0.15, 0.2) is 64.2 Å². The minimum Gasteiger partial charge on any atom is -0.343 e. The largest absolute Gasteiger partial charge is 0.343 e. The van der Waals surface area contributed by atoms with E-state index >= 15 is 0 Å². The van der Waals surface area contributed by atoms with Gasteiger partial charge in [0.05, 0.1) is 35.3 Å². The summed E-state index contributed by atoms with van der Waals surface area (Å²) in [5.41, 5.74) is 4.88. The molecule has 0 aliphatic heterocycles. The lowest BCUT2D eigenvalue weighted by atomic mass is 10.2. The Morgan fingerprint density at radius 1 is 1.17 bits per heavy atom. The van der Waals surface area contributed by atoms with Gasteiger partial charge in [-0.3, -0.25) is 9.59 Å². The van der Waals surface area contributed by atoms with E-state index in [1.807, 2.05) is 30.3 Å². The lowest BCUT2D eigenvalue weighted by Gasteiger charge is -2.05. The maximum atomic E-state index is 12.1. The molecule has 3 rings (SSSR count). The number of amides is 2. The monoisotopic (exact) mass is 473 g/mol. The number of aromatic nitrogens is 2. The third-order valence-corrected chi connectivity index (χ3v) is 5.01. The molecule has 2 amide bonds. The summed E-state index contributed by atoms with van der Waals surface area (Å²) in [6.07, 6.45) is 1.43. The van der Waals surface area contributed by atoms with Gasteiger partial charge in [0.1, 0.15) is 5.15 Å². The topological polar surface area (TPSA) is 88.4 Å². The van der Waals surface area contributed by atoms with E-state index < -0.39 is 5.91 Å². The summed E-state index contributed by atoms with van der Waals surface area (Å²) < 4.78 is 2.24. The molecule has 0 atom stereocenters. The van der Waals surface area contributed by atoms with Gasteiger partial charge in [0.15, 0.2) is 0 Å². The van der Waals surface area contributed by atoms with Gasteiger partial charge in [0.25, 0.3) is 11.8 Å². The normalized spacial score (nSPS) is 10.9. The molecule has 2 N–H and O–H groups in total. The lowest BCUT2D eigenvalue weighted by molar-refractivity contribution is -0.120. The SMILES string of the molecule is Cc1nn(-c2ccccc2)c(Cl)c1/C=N/NC(=O)CNC(=O)c1ccccc1Br. The van der Waals surface area contributed by atoms with E-state index in [0.717, 1.165) is 5.69 Å². The number of carbonyl (C=O) groups excluding carboxylic acids is 2. The highest BCUT2D eigenvalue weighted by Crippen LogP contribution is 2.21. The third-order valence-electron chi connectivity index (χ3n) is 3.96. The Balaban J connectivity index is 1.59. The summed E-state index contributed by atoms with van der Waals surface area (Å²) in [5, 5.41) is 11.2.